The summed E-state index contributed by atoms with van der Waals surface area (Å²) >= 11 is 0. The van der Waals surface area contributed by atoms with Crippen molar-refractivity contribution in [1.29, 1.82) is 0 Å². The van der Waals surface area contributed by atoms with E-state index in [1.165, 1.54) is 20.1 Å². The Kier molecular flexibility index (Phi) is 6.74. The topological polar surface area (TPSA) is 91.1 Å². The fourth-order valence-corrected chi connectivity index (χ4v) is 2.84. The molecule has 1 fully saturated rings. The summed E-state index contributed by atoms with van der Waals surface area (Å²) < 4.78 is 16.3. The van der Waals surface area contributed by atoms with Crippen LogP contribution in [-0.2, 0) is 19.0 Å². The molecule has 1 unspecified atom stereocenters. The molecule has 134 valence electrons. The van der Waals surface area contributed by atoms with Gasteiger partial charge < -0.3 is 14.2 Å². The molecule has 0 aromatic rings. The number of ether oxygens (including phenoxy) is 3. The van der Waals surface area contributed by atoms with Gasteiger partial charge in [-0.05, 0) is 19.4 Å². The highest BCUT2D eigenvalue weighted by Crippen LogP contribution is 2.28. The predicted molar refractivity (Wildman–Crippen MR) is 86.0 cm³/mol. The number of rotatable bonds is 8. The first-order chi connectivity index (χ1) is 11.5. The zero-order chi connectivity index (χ0) is 17.5. The van der Waals surface area contributed by atoms with E-state index in [2.05, 4.69) is 4.90 Å². The molecule has 0 bridgehead atoms. The second kappa shape index (κ2) is 8.79. The molecule has 8 nitrogen and oxygen atoms in total. The smallest absolute Gasteiger partial charge is 0.248 e. The van der Waals surface area contributed by atoms with E-state index in [1.54, 1.807) is 0 Å². The molecule has 1 saturated heterocycles. The highest BCUT2D eigenvalue weighted by molar-refractivity contribution is 5.95. The number of methoxy groups -OCH3 is 1. The molecule has 1 heterocycles. The lowest BCUT2D eigenvalue weighted by Gasteiger charge is -2.26. The lowest BCUT2D eigenvalue weighted by Crippen LogP contribution is -2.37. The molecule has 0 spiro atoms. The van der Waals surface area contributed by atoms with Crippen LogP contribution in [0.2, 0.25) is 0 Å². The molecule has 0 amide bonds. The molecule has 8 heteroatoms. The maximum atomic E-state index is 11.6. The quantitative estimate of drug-likeness (QED) is 0.372. The Balaban J connectivity index is 1.93. The Labute approximate surface area is 141 Å². The minimum absolute atomic E-state index is 0.0408. The third kappa shape index (κ3) is 4.78. The standard InChI is InChI=1S/C16H24N2O6/c1-12(19)13-10-15(22-2)16(11-14(13)18(20)21)24-7-3-4-17-5-8-23-9-6-17/h10,14H,3-9,11H2,1-2H3. The van der Waals surface area contributed by atoms with Crippen molar-refractivity contribution < 1.29 is 23.9 Å². The number of allylic oxidation sites excluding steroid dienone is 1. The number of carbonyl (C=O) groups is 1. The molecule has 1 aliphatic carbocycles. The van der Waals surface area contributed by atoms with Crippen LogP contribution in [-0.4, -0.2) is 68.2 Å². The van der Waals surface area contributed by atoms with Crippen LogP contribution in [0.1, 0.15) is 19.8 Å². The first-order valence-corrected chi connectivity index (χ1v) is 8.09. The third-order valence-electron chi connectivity index (χ3n) is 4.18. The van der Waals surface area contributed by atoms with E-state index >= 15 is 0 Å². The minimum atomic E-state index is -1.07. The monoisotopic (exact) mass is 340 g/mol. The van der Waals surface area contributed by atoms with Crippen LogP contribution >= 0.6 is 0 Å². The summed E-state index contributed by atoms with van der Waals surface area (Å²) in [4.78, 5) is 24.7. The number of carbonyl (C=O) groups excluding carboxylic acids is 1. The molecular formula is C16H24N2O6. The SMILES string of the molecule is COC1=C(OCCCN2CCOCC2)CC([N+](=O)[O-])C(C(C)=O)=C1. The van der Waals surface area contributed by atoms with Crippen molar-refractivity contribution in [1.82, 2.24) is 4.90 Å². The molecule has 2 rings (SSSR count). The molecule has 2 aliphatic rings. The third-order valence-corrected chi connectivity index (χ3v) is 4.18. The summed E-state index contributed by atoms with van der Waals surface area (Å²) in [5, 5.41) is 11.2. The molecule has 0 aromatic heterocycles. The average Bonchev–Trinajstić information content (AvgIpc) is 2.58. The first kappa shape index (κ1) is 18.4. The van der Waals surface area contributed by atoms with Gasteiger partial charge in [0.05, 0.1) is 38.9 Å². The van der Waals surface area contributed by atoms with Crippen LogP contribution in [0.4, 0.5) is 0 Å². The number of hydrogen-bond acceptors (Lipinski definition) is 7. The van der Waals surface area contributed by atoms with Gasteiger partial charge in [-0.1, -0.05) is 0 Å². The van der Waals surface area contributed by atoms with Crippen LogP contribution in [0.15, 0.2) is 23.2 Å². The summed E-state index contributed by atoms with van der Waals surface area (Å²) in [5.41, 5.74) is 0.150. The molecule has 1 aliphatic heterocycles. The van der Waals surface area contributed by atoms with Gasteiger partial charge in [0.15, 0.2) is 11.5 Å². The number of hydrogen-bond donors (Lipinski definition) is 0. The summed E-state index contributed by atoms with van der Waals surface area (Å²) in [6.45, 7) is 6.01. The minimum Gasteiger partial charge on any atom is -0.494 e. The summed E-state index contributed by atoms with van der Waals surface area (Å²) in [7, 11) is 1.47. The second-order valence-corrected chi connectivity index (χ2v) is 5.81. The molecular weight excluding hydrogens is 316 g/mol. The van der Waals surface area contributed by atoms with Crippen molar-refractivity contribution in [3.8, 4) is 0 Å². The number of morpholine rings is 1. The lowest BCUT2D eigenvalue weighted by atomic mass is 9.94. The maximum Gasteiger partial charge on any atom is 0.248 e. The summed E-state index contributed by atoms with van der Waals surface area (Å²) in [5.74, 6) is 0.508. The van der Waals surface area contributed by atoms with E-state index < -0.39 is 11.0 Å². The Morgan fingerprint density at radius 1 is 1.46 bits per heavy atom. The molecule has 1 atom stereocenters. The lowest BCUT2D eigenvalue weighted by molar-refractivity contribution is -0.511. The molecule has 0 aromatic carbocycles. The maximum absolute atomic E-state index is 11.6. The first-order valence-electron chi connectivity index (χ1n) is 8.09. The van der Waals surface area contributed by atoms with Gasteiger partial charge in [-0.3, -0.25) is 19.8 Å². The van der Waals surface area contributed by atoms with Gasteiger partial charge in [0.1, 0.15) is 5.76 Å². The largest absolute Gasteiger partial charge is 0.494 e. The van der Waals surface area contributed by atoms with E-state index in [9.17, 15) is 14.9 Å². The summed E-state index contributed by atoms with van der Waals surface area (Å²) in [6.07, 6.45) is 2.28. The fourth-order valence-electron chi connectivity index (χ4n) is 2.84. The van der Waals surface area contributed by atoms with Crippen molar-refractivity contribution in [2.24, 2.45) is 0 Å². The molecule has 24 heavy (non-hydrogen) atoms. The van der Waals surface area contributed by atoms with Crippen molar-refractivity contribution in [3.05, 3.63) is 33.3 Å². The van der Waals surface area contributed by atoms with Gasteiger partial charge in [0, 0.05) is 24.6 Å². The van der Waals surface area contributed by atoms with E-state index in [0.29, 0.717) is 18.1 Å². The van der Waals surface area contributed by atoms with Gasteiger partial charge in [-0.15, -0.1) is 0 Å². The van der Waals surface area contributed by atoms with Crippen molar-refractivity contribution >= 4 is 5.78 Å². The van der Waals surface area contributed by atoms with Gasteiger partial charge >= 0.3 is 0 Å². The summed E-state index contributed by atoms with van der Waals surface area (Å²) in [6, 6.07) is -1.07. The van der Waals surface area contributed by atoms with E-state index in [-0.39, 0.29) is 17.8 Å². The Morgan fingerprint density at radius 3 is 2.75 bits per heavy atom. The van der Waals surface area contributed by atoms with Crippen molar-refractivity contribution in [2.45, 2.75) is 25.8 Å². The van der Waals surface area contributed by atoms with Gasteiger partial charge in [-0.25, -0.2) is 0 Å². The zero-order valence-electron chi connectivity index (χ0n) is 14.2. The van der Waals surface area contributed by atoms with E-state index in [0.717, 1.165) is 39.3 Å². The normalized spacial score (nSPS) is 22.1. The highest BCUT2D eigenvalue weighted by atomic mass is 16.6. The Bertz CT molecular complexity index is 537. The number of ketones is 1. The molecule has 0 radical (unpaired) electrons. The molecule has 0 N–H and O–H groups in total. The van der Waals surface area contributed by atoms with E-state index in [1.807, 2.05) is 0 Å². The predicted octanol–water partition coefficient (Wildman–Crippen LogP) is 1.15. The number of nitro groups is 1. The van der Waals surface area contributed by atoms with E-state index in [4.69, 9.17) is 14.2 Å². The average molecular weight is 340 g/mol. The number of Topliss-reactive ketones (excluding diaryl/α,β-unsaturated/α-hetero) is 1. The fraction of sp³-hybridized carbons (Fsp3) is 0.688. The molecule has 0 saturated carbocycles. The van der Waals surface area contributed by atoms with Crippen LogP contribution < -0.4 is 0 Å². The second-order valence-electron chi connectivity index (χ2n) is 5.81. The van der Waals surface area contributed by atoms with Gasteiger partial charge in [-0.2, -0.15) is 0 Å². The van der Waals surface area contributed by atoms with Crippen molar-refractivity contribution in [2.75, 3.05) is 46.6 Å². The van der Waals surface area contributed by atoms with Crippen LogP contribution in [0.25, 0.3) is 0 Å². The van der Waals surface area contributed by atoms with Crippen LogP contribution in [0, 0.1) is 10.1 Å². The van der Waals surface area contributed by atoms with Gasteiger partial charge in [0.25, 0.3) is 0 Å². The highest BCUT2D eigenvalue weighted by Gasteiger charge is 2.35. The van der Waals surface area contributed by atoms with Crippen molar-refractivity contribution in [3.63, 3.8) is 0 Å². The van der Waals surface area contributed by atoms with Gasteiger partial charge in [0.2, 0.25) is 6.04 Å². The van der Waals surface area contributed by atoms with Crippen LogP contribution in [0.3, 0.4) is 0 Å². The Morgan fingerprint density at radius 2 is 2.17 bits per heavy atom. The number of nitrogens with zero attached hydrogens (tertiary/aromatic N) is 2. The Hall–Kier alpha value is -1.93. The zero-order valence-corrected chi connectivity index (χ0v) is 14.2. The van der Waals surface area contributed by atoms with Crippen LogP contribution in [0.5, 0.6) is 0 Å².